The van der Waals surface area contributed by atoms with E-state index in [1.165, 1.54) is 0 Å². The SMILES string of the molecule is O=C(O)Cc1ccccc1CNCCCn1ccnn1. The molecule has 0 spiro atoms. The number of aliphatic carboxylic acids is 1. The Bertz CT molecular complexity index is 540. The van der Waals surface area contributed by atoms with Crippen molar-refractivity contribution in [3.8, 4) is 0 Å². The number of hydrogen-bond donors (Lipinski definition) is 2. The Morgan fingerprint density at radius 2 is 2.10 bits per heavy atom. The highest BCUT2D eigenvalue weighted by Crippen LogP contribution is 2.09. The lowest BCUT2D eigenvalue weighted by Crippen LogP contribution is -2.18. The number of aromatic nitrogens is 3. The van der Waals surface area contributed by atoms with Crippen molar-refractivity contribution in [3.63, 3.8) is 0 Å². The van der Waals surface area contributed by atoms with E-state index in [4.69, 9.17) is 5.11 Å². The molecule has 0 aliphatic heterocycles. The van der Waals surface area contributed by atoms with E-state index in [2.05, 4.69) is 15.6 Å². The van der Waals surface area contributed by atoms with Gasteiger partial charge in [0.05, 0.1) is 12.6 Å². The Labute approximate surface area is 117 Å². The second-order valence-corrected chi connectivity index (χ2v) is 4.54. The van der Waals surface area contributed by atoms with Gasteiger partial charge in [-0.05, 0) is 24.1 Å². The van der Waals surface area contributed by atoms with E-state index in [0.29, 0.717) is 6.54 Å². The topological polar surface area (TPSA) is 80.0 Å². The molecule has 0 bridgehead atoms. The van der Waals surface area contributed by atoms with Crippen LogP contribution in [-0.4, -0.2) is 32.6 Å². The Morgan fingerprint density at radius 1 is 1.30 bits per heavy atom. The van der Waals surface area contributed by atoms with Crippen molar-refractivity contribution >= 4 is 5.97 Å². The first-order chi connectivity index (χ1) is 9.75. The summed E-state index contributed by atoms with van der Waals surface area (Å²) < 4.78 is 1.79. The van der Waals surface area contributed by atoms with E-state index in [1.54, 1.807) is 10.9 Å². The second-order valence-electron chi connectivity index (χ2n) is 4.54. The molecule has 6 heteroatoms. The molecule has 0 saturated carbocycles. The van der Waals surface area contributed by atoms with Crippen molar-refractivity contribution in [3.05, 3.63) is 47.8 Å². The van der Waals surface area contributed by atoms with E-state index in [-0.39, 0.29) is 6.42 Å². The molecule has 0 aliphatic rings. The lowest BCUT2D eigenvalue weighted by Gasteiger charge is -2.09. The zero-order chi connectivity index (χ0) is 14.2. The van der Waals surface area contributed by atoms with Crippen LogP contribution in [0.1, 0.15) is 17.5 Å². The first-order valence-electron chi connectivity index (χ1n) is 6.59. The first-order valence-corrected chi connectivity index (χ1v) is 6.59. The van der Waals surface area contributed by atoms with Crippen molar-refractivity contribution in [2.45, 2.75) is 25.9 Å². The quantitative estimate of drug-likeness (QED) is 0.704. The van der Waals surface area contributed by atoms with E-state index in [9.17, 15) is 4.79 Å². The lowest BCUT2D eigenvalue weighted by molar-refractivity contribution is -0.136. The number of nitrogens with zero attached hydrogens (tertiary/aromatic N) is 3. The van der Waals surface area contributed by atoms with Crippen molar-refractivity contribution in [2.24, 2.45) is 0 Å². The maximum absolute atomic E-state index is 10.8. The maximum atomic E-state index is 10.8. The smallest absolute Gasteiger partial charge is 0.307 e. The number of carbonyl (C=O) groups is 1. The summed E-state index contributed by atoms with van der Waals surface area (Å²) in [6.07, 6.45) is 4.51. The molecule has 106 valence electrons. The molecule has 0 saturated heterocycles. The summed E-state index contributed by atoms with van der Waals surface area (Å²) in [6.45, 7) is 2.35. The number of nitrogens with one attached hydrogen (secondary N) is 1. The van der Waals surface area contributed by atoms with Crippen molar-refractivity contribution < 1.29 is 9.90 Å². The average molecular weight is 274 g/mol. The lowest BCUT2D eigenvalue weighted by atomic mass is 10.0. The second kappa shape index (κ2) is 7.40. The van der Waals surface area contributed by atoms with Gasteiger partial charge in [0, 0.05) is 19.3 Å². The Kier molecular flexibility index (Phi) is 5.25. The number of carboxylic acids is 1. The van der Waals surface area contributed by atoms with Gasteiger partial charge in [0.25, 0.3) is 0 Å². The third kappa shape index (κ3) is 4.47. The standard InChI is InChI=1S/C14H18N4O2/c19-14(20)10-12-4-1-2-5-13(12)11-15-6-3-8-18-9-7-16-17-18/h1-2,4-5,7,9,15H,3,6,8,10-11H2,(H,19,20). The van der Waals surface area contributed by atoms with Crippen LogP contribution in [0.15, 0.2) is 36.7 Å². The number of rotatable bonds is 8. The maximum Gasteiger partial charge on any atom is 0.307 e. The minimum Gasteiger partial charge on any atom is -0.481 e. The fourth-order valence-electron chi connectivity index (χ4n) is 2.01. The molecular formula is C14H18N4O2. The predicted molar refractivity (Wildman–Crippen MR) is 74.1 cm³/mol. The normalized spacial score (nSPS) is 10.6. The van der Waals surface area contributed by atoms with Crippen LogP contribution in [0.4, 0.5) is 0 Å². The van der Waals surface area contributed by atoms with Gasteiger partial charge in [-0.1, -0.05) is 29.5 Å². The summed E-state index contributed by atoms with van der Waals surface area (Å²) in [5.74, 6) is -0.802. The molecule has 0 radical (unpaired) electrons. The van der Waals surface area contributed by atoms with Gasteiger partial charge in [0.15, 0.2) is 0 Å². The van der Waals surface area contributed by atoms with Crippen LogP contribution in [-0.2, 0) is 24.3 Å². The minimum absolute atomic E-state index is 0.0663. The zero-order valence-electron chi connectivity index (χ0n) is 11.2. The van der Waals surface area contributed by atoms with E-state index in [0.717, 1.165) is 30.6 Å². The van der Waals surface area contributed by atoms with Crippen LogP contribution < -0.4 is 5.32 Å². The van der Waals surface area contributed by atoms with Gasteiger partial charge in [-0.2, -0.15) is 0 Å². The molecule has 1 heterocycles. The number of carboxylic acid groups (broad SMARTS) is 1. The van der Waals surface area contributed by atoms with E-state index in [1.807, 2.05) is 30.5 Å². The van der Waals surface area contributed by atoms with Gasteiger partial charge in [-0.15, -0.1) is 5.10 Å². The molecule has 1 aromatic heterocycles. The number of aryl methyl sites for hydroxylation is 1. The van der Waals surface area contributed by atoms with Gasteiger partial charge in [0.2, 0.25) is 0 Å². The van der Waals surface area contributed by atoms with Crippen LogP contribution in [0, 0.1) is 0 Å². The summed E-state index contributed by atoms with van der Waals surface area (Å²) >= 11 is 0. The van der Waals surface area contributed by atoms with E-state index >= 15 is 0 Å². The molecule has 2 rings (SSSR count). The number of hydrogen-bond acceptors (Lipinski definition) is 4. The molecule has 6 nitrogen and oxygen atoms in total. The minimum atomic E-state index is -0.802. The summed E-state index contributed by atoms with van der Waals surface area (Å²) in [7, 11) is 0. The third-order valence-electron chi connectivity index (χ3n) is 2.99. The highest BCUT2D eigenvalue weighted by Gasteiger charge is 2.05. The van der Waals surface area contributed by atoms with Crippen LogP contribution in [0.2, 0.25) is 0 Å². The predicted octanol–water partition coefficient (Wildman–Crippen LogP) is 1.09. The Morgan fingerprint density at radius 3 is 2.80 bits per heavy atom. The summed E-state index contributed by atoms with van der Waals surface area (Å²) in [4.78, 5) is 10.8. The van der Waals surface area contributed by atoms with Crippen molar-refractivity contribution in [1.29, 1.82) is 0 Å². The molecule has 1 aromatic carbocycles. The Hall–Kier alpha value is -2.21. The van der Waals surface area contributed by atoms with Crippen molar-refractivity contribution in [2.75, 3.05) is 6.54 Å². The molecular weight excluding hydrogens is 256 g/mol. The molecule has 0 atom stereocenters. The van der Waals surface area contributed by atoms with Gasteiger partial charge >= 0.3 is 5.97 Å². The highest BCUT2D eigenvalue weighted by molar-refractivity contribution is 5.70. The molecule has 2 aromatic rings. The monoisotopic (exact) mass is 274 g/mol. The van der Waals surface area contributed by atoms with Gasteiger partial charge < -0.3 is 10.4 Å². The molecule has 0 aliphatic carbocycles. The van der Waals surface area contributed by atoms with Crippen LogP contribution in [0.25, 0.3) is 0 Å². The van der Waals surface area contributed by atoms with E-state index < -0.39 is 5.97 Å². The van der Waals surface area contributed by atoms with Crippen LogP contribution in [0.3, 0.4) is 0 Å². The summed E-state index contributed by atoms with van der Waals surface area (Å²) in [6, 6.07) is 7.62. The fourth-order valence-corrected chi connectivity index (χ4v) is 2.01. The highest BCUT2D eigenvalue weighted by atomic mass is 16.4. The van der Waals surface area contributed by atoms with Crippen LogP contribution in [0.5, 0.6) is 0 Å². The molecule has 2 N–H and O–H groups in total. The zero-order valence-corrected chi connectivity index (χ0v) is 11.2. The van der Waals surface area contributed by atoms with Crippen LogP contribution >= 0.6 is 0 Å². The van der Waals surface area contributed by atoms with Gasteiger partial charge in [0.1, 0.15) is 0 Å². The largest absolute Gasteiger partial charge is 0.481 e. The van der Waals surface area contributed by atoms with Gasteiger partial charge in [-0.25, -0.2) is 0 Å². The average Bonchev–Trinajstić information content (AvgIpc) is 2.93. The molecule has 0 fully saturated rings. The third-order valence-corrected chi connectivity index (χ3v) is 2.99. The fraction of sp³-hybridized carbons (Fsp3) is 0.357. The summed E-state index contributed by atoms with van der Waals surface area (Å²) in [5, 5.41) is 19.8. The molecule has 0 amide bonds. The molecule has 20 heavy (non-hydrogen) atoms. The molecule has 0 unspecified atom stereocenters. The first kappa shape index (κ1) is 14.2. The van der Waals surface area contributed by atoms with Gasteiger partial charge in [-0.3, -0.25) is 9.48 Å². The van der Waals surface area contributed by atoms with Crippen molar-refractivity contribution in [1.82, 2.24) is 20.3 Å². The number of benzene rings is 1. The Balaban J connectivity index is 1.74. The summed E-state index contributed by atoms with van der Waals surface area (Å²) in [5.41, 5.74) is 1.90.